The maximum absolute atomic E-state index is 13.9. The lowest BCUT2D eigenvalue weighted by Crippen LogP contribution is -2.28. The summed E-state index contributed by atoms with van der Waals surface area (Å²) >= 11 is 1.29. The maximum atomic E-state index is 13.9. The van der Waals surface area contributed by atoms with Gasteiger partial charge >= 0.3 is 0 Å². The van der Waals surface area contributed by atoms with Crippen molar-refractivity contribution in [2.24, 2.45) is 0 Å². The molecule has 1 atom stereocenters. The maximum Gasteiger partial charge on any atom is 0.253 e. The van der Waals surface area contributed by atoms with Crippen LogP contribution in [0.3, 0.4) is 0 Å². The van der Waals surface area contributed by atoms with Crippen LogP contribution >= 0.6 is 11.8 Å². The summed E-state index contributed by atoms with van der Waals surface area (Å²) in [5.41, 5.74) is 0.324. The minimum atomic E-state index is -0.387. The van der Waals surface area contributed by atoms with E-state index in [0.29, 0.717) is 29.6 Å². The molecule has 1 aliphatic heterocycles. The topological polar surface area (TPSA) is 63.4 Å². The van der Waals surface area contributed by atoms with Crippen LogP contribution in [0.2, 0.25) is 0 Å². The Balaban J connectivity index is 1.55. The zero-order valence-corrected chi connectivity index (χ0v) is 12.8. The molecule has 3 aromatic rings. The van der Waals surface area contributed by atoms with E-state index in [9.17, 15) is 9.18 Å². The fraction of sp³-hybridized carbons (Fsp3) is 0.200. The van der Waals surface area contributed by atoms with E-state index in [1.54, 1.807) is 41.2 Å². The molecule has 4 rings (SSSR count). The van der Waals surface area contributed by atoms with Gasteiger partial charge in [0.1, 0.15) is 5.82 Å². The number of carbonyl (C=O) groups excluding carboxylic acids is 1. The molecule has 1 amide bonds. The van der Waals surface area contributed by atoms with Gasteiger partial charge in [-0.25, -0.2) is 13.9 Å². The van der Waals surface area contributed by atoms with E-state index in [-0.39, 0.29) is 17.0 Å². The molecule has 1 saturated heterocycles. The molecule has 3 heterocycles. The smallest absolute Gasteiger partial charge is 0.253 e. The first kappa shape index (κ1) is 14.1. The highest BCUT2D eigenvalue weighted by Gasteiger charge is 2.35. The Morgan fingerprint density at radius 1 is 1.26 bits per heavy atom. The number of carbonyl (C=O) groups is 1. The van der Waals surface area contributed by atoms with Crippen LogP contribution in [0.1, 0.15) is 6.42 Å². The number of aromatic nitrogens is 4. The number of rotatable bonds is 3. The fourth-order valence-electron chi connectivity index (χ4n) is 2.56. The van der Waals surface area contributed by atoms with Gasteiger partial charge in [-0.2, -0.15) is 4.98 Å². The molecule has 8 heteroatoms. The molecule has 23 heavy (non-hydrogen) atoms. The van der Waals surface area contributed by atoms with Gasteiger partial charge in [0.15, 0.2) is 0 Å². The molecule has 0 spiro atoms. The summed E-state index contributed by atoms with van der Waals surface area (Å²) in [4.78, 5) is 22.4. The molecule has 1 aliphatic rings. The van der Waals surface area contributed by atoms with Crippen molar-refractivity contribution in [1.29, 1.82) is 0 Å². The minimum absolute atomic E-state index is 0.119. The van der Waals surface area contributed by atoms with Crippen LogP contribution in [0.15, 0.2) is 47.9 Å². The van der Waals surface area contributed by atoms with Crippen molar-refractivity contribution < 1.29 is 9.18 Å². The molecule has 0 bridgehead atoms. The highest BCUT2D eigenvalue weighted by atomic mass is 32.2. The van der Waals surface area contributed by atoms with Crippen molar-refractivity contribution in [3.63, 3.8) is 0 Å². The monoisotopic (exact) mass is 329 g/mol. The lowest BCUT2D eigenvalue weighted by atomic mass is 10.3. The average molecular weight is 329 g/mol. The summed E-state index contributed by atoms with van der Waals surface area (Å²) in [5, 5.41) is 4.47. The molecule has 1 aromatic carbocycles. The van der Waals surface area contributed by atoms with Gasteiger partial charge in [-0.1, -0.05) is 23.9 Å². The number of anilines is 1. The second-order valence-corrected chi connectivity index (χ2v) is 6.26. The number of nitrogens with zero attached hydrogens (tertiary/aromatic N) is 5. The van der Waals surface area contributed by atoms with Crippen LogP contribution in [0.4, 0.5) is 10.1 Å². The van der Waals surface area contributed by atoms with Crippen LogP contribution in [0, 0.1) is 5.82 Å². The van der Waals surface area contributed by atoms with Crippen molar-refractivity contribution in [1.82, 2.24) is 19.6 Å². The number of amides is 1. The van der Waals surface area contributed by atoms with Gasteiger partial charge in [-0.3, -0.25) is 4.79 Å². The van der Waals surface area contributed by atoms with Crippen LogP contribution in [0.25, 0.3) is 5.78 Å². The van der Waals surface area contributed by atoms with Gasteiger partial charge in [0.25, 0.3) is 5.78 Å². The predicted molar refractivity (Wildman–Crippen MR) is 83.8 cm³/mol. The lowest BCUT2D eigenvalue weighted by molar-refractivity contribution is -0.116. The number of fused-ring (bicyclic) bond motifs is 1. The molecule has 1 unspecified atom stereocenters. The van der Waals surface area contributed by atoms with Crippen molar-refractivity contribution in [2.45, 2.75) is 16.8 Å². The van der Waals surface area contributed by atoms with E-state index in [2.05, 4.69) is 15.1 Å². The summed E-state index contributed by atoms with van der Waals surface area (Å²) < 4.78 is 15.4. The molecule has 116 valence electrons. The summed E-state index contributed by atoms with van der Waals surface area (Å²) in [7, 11) is 0. The molecule has 2 aromatic heterocycles. The first-order valence-electron chi connectivity index (χ1n) is 7.12. The number of benzene rings is 1. The number of thioether (sulfide) groups is 1. The largest absolute Gasteiger partial charge is 0.309 e. The Hall–Kier alpha value is -2.48. The highest BCUT2D eigenvalue weighted by Crippen LogP contribution is 2.32. The third kappa shape index (κ3) is 2.55. The van der Waals surface area contributed by atoms with Gasteiger partial charge in [0.2, 0.25) is 11.1 Å². The standard InChI is InChI=1S/C15H12FN5OS/c16-10-4-1-2-5-11(10)20-9-6-12(13(20)22)23-15-18-14-17-7-3-8-21(14)19-15/h1-5,7-8,12H,6,9H2. The number of halogens is 1. The Bertz CT molecular complexity index is 850. The molecule has 1 fully saturated rings. The summed E-state index contributed by atoms with van der Waals surface area (Å²) in [6.45, 7) is 0.489. The Labute approximate surface area is 135 Å². The van der Waals surface area contributed by atoms with Gasteiger partial charge in [-0.15, -0.1) is 5.10 Å². The molecular weight excluding hydrogens is 317 g/mol. The first-order valence-corrected chi connectivity index (χ1v) is 8.00. The fourth-order valence-corrected chi connectivity index (χ4v) is 3.54. The second kappa shape index (κ2) is 5.62. The van der Waals surface area contributed by atoms with Crippen molar-refractivity contribution in [3.8, 4) is 0 Å². The molecule has 0 N–H and O–H groups in total. The van der Waals surface area contributed by atoms with Gasteiger partial charge in [0.05, 0.1) is 10.9 Å². The number of para-hydroxylation sites is 1. The highest BCUT2D eigenvalue weighted by molar-refractivity contribution is 8.00. The van der Waals surface area contributed by atoms with E-state index >= 15 is 0 Å². The molecule has 6 nitrogen and oxygen atoms in total. The predicted octanol–water partition coefficient (Wildman–Crippen LogP) is 2.16. The van der Waals surface area contributed by atoms with E-state index in [0.717, 1.165) is 0 Å². The van der Waals surface area contributed by atoms with Crippen LogP contribution in [0.5, 0.6) is 0 Å². The zero-order chi connectivity index (χ0) is 15.8. The first-order chi connectivity index (χ1) is 11.2. The number of hydrogen-bond acceptors (Lipinski definition) is 5. The molecule has 0 aliphatic carbocycles. The normalized spacial score (nSPS) is 18.0. The van der Waals surface area contributed by atoms with E-state index < -0.39 is 0 Å². The van der Waals surface area contributed by atoms with Crippen LogP contribution in [-0.2, 0) is 4.79 Å². The van der Waals surface area contributed by atoms with Crippen molar-refractivity contribution in [2.75, 3.05) is 11.4 Å². The lowest BCUT2D eigenvalue weighted by Gasteiger charge is -2.16. The zero-order valence-electron chi connectivity index (χ0n) is 12.0. The molecule has 0 radical (unpaired) electrons. The number of hydrogen-bond donors (Lipinski definition) is 0. The van der Waals surface area contributed by atoms with E-state index in [1.807, 2.05) is 0 Å². The van der Waals surface area contributed by atoms with E-state index in [4.69, 9.17) is 0 Å². The minimum Gasteiger partial charge on any atom is -0.309 e. The Morgan fingerprint density at radius 3 is 2.96 bits per heavy atom. The summed E-state index contributed by atoms with van der Waals surface area (Å²) in [6, 6.07) is 8.07. The SMILES string of the molecule is O=C1C(Sc2nc3ncccn3n2)CCN1c1ccccc1F. The third-order valence-electron chi connectivity index (χ3n) is 3.64. The third-order valence-corrected chi connectivity index (χ3v) is 4.75. The molecule has 0 saturated carbocycles. The Morgan fingerprint density at radius 2 is 2.13 bits per heavy atom. The summed E-state index contributed by atoms with van der Waals surface area (Å²) in [5.74, 6) is -0.0140. The Kier molecular flexibility index (Phi) is 3.45. The average Bonchev–Trinajstić information content (AvgIpc) is 3.12. The molecular formula is C15H12FN5OS. The van der Waals surface area contributed by atoms with Gasteiger partial charge in [-0.05, 0) is 24.6 Å². The van der Waals surface area contributed by atoms with E-state index in [1.165, 1.54) is 22.7 Å². The van der Waals surface area contributed by atoms with Crippen LogP contribution < -0.4 is 4.90 Å². The van der Waals surface area contributed by atoms with Crippen molar-refractivity contribution in [3.05, 3.63) is 48.5 Å². The van der Waals surface area contributed by atoms with Gasteiger partial charge < -0.3 is 4.90 Å². The summed E-state index contributed by atoms with van der Waals surface area (Å²) in [6.07, 6.45) is 4.02. The van der Waals surface area contributed by atoms with Crippen LogP contribution in [-0.4, -0.2) is 37.3 Å². The van der Waals surface area contributed by atoms with Gasteiger partial charge in [0, 0.05) is 18.9 Å². The quantitative estimate of drug-likeness (QED) is 0.737. The second-order valence-electron chi connectivity index (χ2n) is 5.10. The van der Waals surface area contributed by atoms with Crippen molar-refractivity contribution >= 4 is 29.1 Å².